The largest absolute Gasteiger partial charge is 0.491 e. The Bertz CT molecular complexity index is 603. The van der Waals surface area contributed by atoms with Crippen LogP contribution in [0.1, 0.15) is 48.0 Å². The molecule has 0 radical (unpaired) electrons. The van der Waals surface area contributed by atoms with Crippen LogP contribution >= 0.6 is 15.9 Å². The van der Waals surface area contributed by atoms with E-state index in [2.05, 4.69) is 45.1 Å². The fraction of sp³-hybridized carbons (Fsp3) is 0.571. The molecule has 0 spiro atoms. The normalized spacial score (nSPS) is 10.7. The molecule has 2 N–H and O–H groups in total. The Morgan fingerprint density at radius 2 is 1.63 bits per heavy atom. The summed E-state index contributed by atoms with van der Waals surface area (Å²) in [6, 6.07) is 6.36. The molecule has 172 valence electrons. The Balaban J connectivity index is 0. The molecule has 1 atom stereocenters. The van der Waals surface area contributed by atoms with Crippen molar-refractivity contribution in [2.24, 2.45) is 0 Å². The molecule has 8 nitrogen and oxygen atoms in total. The number of halogens is 1. The van der Waals surface area contributed by atoms with Crippen LogP contribution in [-0.2, 0) is 19.1 Å². The first-order valence-electron chi connectivity index (χ1n) is 9.66. The molecule has 0 bridgehead atoms. The summed E-state index contributed by atoms with van der Waals surface area (Å²) in [4.78, 5) is 32.9. The fourth-order valence-corrected chi connectivity index (χ4v) is 1.90. The highest BCUT2D eigenvalue weighted by Gasteiger charge is 2.24. The van der Waals surface area contributed by atoms with Crippen molar-refractivity contribution in [2.75, 3.05) is 20.3 Å². The number of benzene rings is 1. The first-order chi connectivity index (χ1) is 14.0. The van der Waals surface area contributed by atoms with Gasteiger partial charge in [0.15, 0.2) is 0 Å². The number of alkyl carbamates (subject to hydrolysis) is 1. The fourth-order valence-electron chi connectivity index (χ4n) is 1.64. The second-order valence-corrected chi connectivity index (χ2v) is 7.81. The van der Waals surface area contributed by atoms with Crippen LogP contribution in [0.3, 0.4) is 0 Å². The third-order valence-corrected chi connectivity index (χ3v) is 3.21. The molecule has 1 rings (SSSR count). The van der Waals surface area contributed by atoms with E-state index in [-0.39, 0.29) is 12.5 Å². The van der Waals surface area contributed by atoms with Crippen molar-refractivity contribution in [3.8, 4) is 5.75 Å². The third-order valence-electron chi connectivity index (χ3n) is 2.68. The second kappa shape index (κ2) is 17.6. The first kappa shape index (κ1) is 29.9. The van der Waals surface area contributed by atoms with Gasteiger partial charge in [-0.15, -0.1) is 0 Å². The summed E-state index contributed by atoms with van der Waals surface area (Å²) < 4.78 is 15.5. The highest BCUT2D eigenvalue weighted by atomic mass is 79.9. The highest BCUT2D eigenvalue weighted by Crippen LogP contribution is 2.16. The van der Waals surface area contributed by atoms with Crippen LogP contribution in [0.15, 0.2) is 28.7 Å². The molecule has 0 saturated heterocycles. The minimum atomic E-state index is -0.839. The summed E-state index contributed by atoms with van der Waals surface area (Å²) in [6.07, 6.45) is 0.591. The molecule has 0 aliphatic carbocycles. The van der Waals surface area contributed by atoms with Crippen LogP contribution in [0, 0.1) is 0 Å². The SMILES string of the molecule is CCC.CCNC(=O)C(COc1ccc(Br)cc1)NC(=O)OC(C)(C)C.COC=O. The van der Waals surface area contributed by atoms with Crippen molar-refractivity contribution in [1.29, 1.82) is 0 Å². The molecular weight excluding hydrogens is 456 g/mol. The summed E-state index contributed by atoms with van der Waals surface area (Å²) in [5.41, 5.74) is -0.636. The highest BCUT2D eigenvalue weighted by molar-refractivity contribution is 9.10. The van der Waals surface area contributed by atoms with Gasteiger partial charge in [0.25, 0.3) is 6.47 Å². The Morgan fingerprint density at radius 3 is 2.03 bits per heavy atom. The maximum absolute atomic E-state index is 12.1. The van der Waals surface area contributed by atoms with E-state index in [1.165, 1.54) is 13.5 Å². The number of likely N-dealkylation sites (N-methyl/N-ethyl adjacent to an activating group) is 1. The van der Waals surface area contributed by atoms with Gasteiger partial charge in [-0.05, 0) is 52.0 Å². The van der Waals surface area contributed by atoms with E-state index in [0.29, 0.717) is 18.8 Å². The molecule has 0 heterocycles. The number of methoxy groups -OCH3 is 1. The van der Waals surface area contributed by atoms with Gasteiger partial charge in [-0.1, -0.05) is 36.2 Å². The predicted molar refractivity (Wildman–Crippen MR) is 121 cm³/mol. The van der Waals surface area contributed by atoms with Crippen LogP contribution in [0.4, 0.5) is 4.79 Å². The number of ether oxygens (including phenoxy) is 3. The number of hydrogen-bond acceptors (Lipinski definition) is 6. The van der Waals surface area contributed by atoms with E-state index >= 15 is 0 Å². The zero-order chi connectivity index (χ0) is 23.6. The van der Waals surface area contributed by atoms with E-state index in [1.54, 1.807) is 39.8 Å². The molecule has 0 aromatic heterocycles. The average Bonchev–Trinajstić information content (AvgIpc) is 2.66. The van der Waals surface area contributed by atoms with Gasteiger partial charge in [0.2, 0.25) is 5.91 Å². The van der Waals surface area contributed by atoms with Crippen molar-refractivity contribution in [2.45, 2.75) is 59.6 Å². The van der Waals surface area contributed by atoms with Crippen molar-refractivity contribution in [1.82, 2.24) is 10.6 Å². The molecule has 9 heteroatoms. The molecular formula is C21H35BrN2O6. The summed E-state index contributed by atoms with van der Waals surface area (Å²) in [6.45, 7) is 12.2. The molecule has 1 aromatic rings. The van der Waals surface area contributed by atoms with E-state index < -0.39 is 17.7 Å². The van der Waals surface area contributed by atoms with E-state index in [1.807, 2.05) is 12.1 Å². The van der Waals surface area contributed by atoms with Gasteiger partial charge in [-0.2, -0.15) is 0 Å². The monoisotopic (exact) mass is 490 g/mol. The van der Waals surface area contributed by atoms with Gasteiger partial charge in [-0.3, -0.25) is 9.59 Å². The lowest BCUT2D eigenvalue weighted by Gasteiger charge is -2.23. The van der Waals surface area contributed by atoms with Crippen LogP contribution in [-0.4, -0.2) is 50.4 Å². The van der Waals surface area contributed by atoms with Gasteiger partial charge >= 0.3 is 6.09 Å². The quantitative estimate of drug-likeness (QED) is 0.558. The lowest BCUT2D eigenvalue weighted by atomic mass is 10.2. The molecule has 30 heavy (non-hydrogen) atoms. The maximum Gasteiger partial charge on any atom is 0.408 e. The number of hydrogen-bond donors (Lipinski definition) is 2. The lowest BCUT2D eigenvalue weighted by molar-refractivity contribution is -0.126. The topological polar surface area (TPSA) is 103 Å². The molecule has 0 aliphatic rings. The zero-order valence-electron chi connectivity index (χ0n) is 18.9. The molecule has 0 saturated carbocycles. The van der Waals surface area contributed by atoms with E-state index in [9.17, 15) is 9.59 Å². The lowest BCUT2D eigenvalue weighted by Crippen LogP contribution is -2.51. The molecule has 0 aliphatic heterocycles. The van der Waals surface area contributed by atoms with Crippen molar-refractivity contribution >= 4 is 34.4 Å². The van der Waals surface area contributed by atoms with Crippen molar-refractivity contribution in [3.05, 3.63) is 28.7 Å². The maximum atomic E-state index is 12.1. The Labute approximate surface area is 188 Å². The predicted octanol–water partition coefficient (Wildman–Crippen LogP) is 4.06. The van der Waals surface area contributed by atoms with Crippen molar-refractivity contribution in [3.63, 3.8) is 0 Å². The average molecular weight is 491 g/mol. The van der Waals surface area contributed by atoms with Gasteiger partial charge in [-0.25, -0.2) is 4.79 Å². The van der Waals surface area contributed by atoms with E-state index in [4.69, 9.17) is 14.3 Å². The Morgan fingerprint density at radius 1 is 1.13 bits per heavy atom. The van der Waals surface area contributed by atoms with Gasteiger partial charge in [0, 0.05) is 11.0 Å². The van der Waals surface area contributed by atoms with Crippen molar-refractivity contribution < 1.29 is 28.6 Å². The van der Waals surface area contributed by atoms with Gasteiger partial charge in [0.05, 0.1) is 7.11 Å². The second-order valence-electron chi connectivity index (χ2n) is 6.90. The molecule has 1 unspecified atom stereocenters. The summed E-state index contributed by atoms with van der Waals surface area (Å²) in [7, 11) is 1.31. The van der Waals surface area contributed by atoms with Crippen LogP contribution < -0.4 is 15.4 Å². The number of carbonyl (C=O) groups excluding carboxylic acids is 3. The first-order valence-corrected chi connectivity index (χ1v) is 10.5. The van der Waals surface area contributed by atoms with Crippen LogP contribution in [0.5, 0.6) is 5.75 Å². The number of amides is 2. The zero-order valence-corrected chi connectivity index (χ0v) is 20.5. The summed E-state index contributed by atoms with van der Waals surface area (Å²) >= 11 is 3.34. The number of nitrogens with one attached hydrogen (secondary N) is 2. The molecule has 1 aromatic carbocycles. The minimum Gasteiger partial charge on any atom is -0.491 e. The van der Waals surface area contributed by atoms with Crippen LogP contribution in [0.25, 0.3) is 0 Å². The standard InChI is InChI=1S/C16H23BrN2O4.C3H8.C2H4O2/c1-5-18-14(20)13(19-15(21)23-16(2,3)4)10-22-12-8-6-11(17)7-9-12;1-3-2;1-4-2-3/h6-9,13H,5,10H2,1-4H3,(H,18,20)(H,19,21);3H2,1-2H3;2H,1H3. The number of rotatable bonds is 7. The minimum absolute atomic E-state index is 0.00666. The number of carbonyl (C=O) groups is 3. The van der Waals surface area contributed by atoms with E-state index in [0.717, 1.165) is 4.47 Å². The summed E-state index contributed by atoms with van der Waals surface area (Å²) in [5.74, 6) is 0.281. The summed E-state index contributed by atoms with van der Waals surface area (Å²) in [5, 5.41) is 5.19. The smallest absolute Gasteiger partial charge is 0.408 e. The third kappa shape index (κ3) is 17.8. The van der Waals surface area contributed by atoms with Gasteiger partial charge < -0.3 is 24.8 Å². The van der Waals surface area contributed by atoms with Gasteiger partial charge in [0.1, 0.15) is 24.0 Å². The van der Waals surface area contributed by atoms with Crippen LogP contribution in [0.2, 0.25) is 0 Å². The Hall–Kier alpha value is -2.29. The molecule has 2 amide bonds. The molecule has 0 fully saturated rings. The Kier molecular flexibility index (Phi) is 17.5.